The third-order valence-corrected chi connectivity index (χ3v) is 4.58. The molecule has 0 aliphatic carbocycles. The van der Waals surface area contributed by atoms with Gasteiger partial charge in [0, 0.05) is 28.8 Å². The molecule has 10 heteroatoms. The number of benzene rings is 2. The molecule has 0 unspecified atom stereocenters. The Kier molecular flexibility index (Phi) is 5.52. The molecule has 1 N–H and O–H groups in total. The van der Waals surface area contributed by atoms with Crippen molar-refractivity contribution in [2.75, 3.05) is 13.2 Å². The van der Waals surface area contributed by atoms with E-state index in [4.69, 9.17) is 4.74 Å². The molecule has 0 radical (unpaired) electrons. The first kappa shape index (κ1) is 20.0. The predicted molar refractivity (Wildman–Crippen MR) is 112 cm³/mol. The van der Waals surface area contributed by atoms with E-state index in [1.54, 1.807) is 35.7 Å². The highest BCUT2D eigenvalue weighted by molar-refractivity contribution is 5.94. The topological polar surface area (TPSA) is 125 Å². The molecule has 0 fully saturated rings. The van der Waals surface area contributed by atoms with Crippen LogP contribution in [-0.4, -0.2) is 43.8 Å². The van der Waals surface area contributed by atoms with Crippen LogP contribution in [0, 0.1) is 17.0 Å². The van der Waals surface area contributed by atoms with Crippen LogP contribution in [0.25, 0.3) is 17.0 Å². The van der Waals surface area contributed by atoms with Crippen molar-refractivity contribution >= 4 is 17.2 Å². The minimum absolute atomic E-state index is 0.0930. The molecule has 0 aliphatic rings. The Hall–Kier alpha value is -4.34. The number of aromatic nitrogens is 4. The van der Waals surface area contributed by atoms with Crippen LogP contribution >= 0.6 is 0 Å². The van der Waals surface area contributed by atoms with E-state index in [1.165, 1.54) is 6.07 Å². The van der Waals surface area contributed by atoms with Gasteiger partial charge in [0.25, 0.3) is 11.6 Å². The molecule has 0 bridgehead atoms. The second kappa shape index (κ2) is 8.57. The summed E-state index contributed by atoms with van der Waals surface area (Å²) in [4.78, 5) is 22.8. The van der Waals surface area contributed by atoms with E-state index in [1.807, 2.05) is 30.3 Å². The molecule has 0 aliphatic heterocycles. The molecule has 0 saturated heterocycles. The minimum atomic E-state index is -0.508. The van der Waals surface area contributed by atoms with Crippen molar-refractivity contribution in [3.05, 3.63) is 81.9 Å². The smallest absolute Gasteiger partial charge is 0.273 e. The summed E-state index contributed by atoms with van der Waals surface area (Å²) in [5.74, 6) is 0.528. The van der Waals surface area contributed by atoms with Crippen LogP contribution in [0.5, 0.6) is 5.88 Å². The maximum Gasteiger partial charge on any atom is 0.273 e. The van der Waals surface area contributed by atoms with Gasteiger partial charge in [-0.3, -0.25) is 14.9 Å². The Labute approximate surface area is 176 Å². The molecule has 156 valence electrons. The van der Waals surface area contributed by atoms with Gasteiger partial charge in [0.05, 0.1) is 11.5 Å². The van der Waals surface area contributed by atoms with Gasteiger partial charge in [-0.25, -0.2) is 0 Å². The van der Waals surface area contributed by atoms with Crippen molar-refractivity contribution in [2.45, 2.75) is 6.92 Å². The van der Waals surface area contributed by atoms with Crippen molar-refractivity contribution < 1.29 is 14.5 Å². The molecule has 2 aromatic heterocycles. The number of amides is 1. The Morgan fingerprint density at radius 3 is 2.71 bits per heavy atom. The summed E-state index contributed by atoms with van der Waals surface area (Å²) in [6.07, 6.45) is 0. The number of nitrogens with zero attached hydrogens (tertiary/aromatic N) is 5. The van der Waals surface area contributed by atoms with Gasteiger partial charge in [0.2, 0.25) is 5.88 Å². The Balaban J connectivity index is 1.38. The summed E-state index contributed by atoms with van der Waals surface area (Å²) in [5.41, 5.74) is 2.08. The summed E-state index contributed by atoms with van der Waals surface area (Å²) in [6.45, 7) is 1.99. The van der Waals surface area contributed by atoms with Gasteiger partial charge < -0.3 is 10.1 Å². The molecular weight excluding hydrogens is 400 g/mol. The van der Waals surface area contributed by atoms with Crippen LogP contribution in [0.1, 0.15) is 15.9 Å². The molecule has 1 amide bonds. The lowest BCUT2D eigenvalue weighted by Crippen LogP contribution is -2.28. The fourth-order valence-corrected chi connectivity index (χ4v) is 2.99. The average Bonchev–Trinajstić information content (AvgIpc) is 3.20. The van der Waals surface area contributed by atoms with Gasteiger partial charge in [0.15, 0.2) is 11.5 Å². The zero-order valence-electron chi connectivity index (χ0n) is 16.6. The number of nitro groups is 1. The monoisotopic (exact) mass is 418 g/mol. The minimum Gasteiger partial charge on any atom is -0.475 e. The fourth-order valence-electron chi connectivity index (χ4n) is 2.99. The number of nitrogens with one attached hydrogen (secondary N) is 1. The lowest BCUT2D eigenvalue weighted by atomic mass is 10.1. The van der Waals surface area contributed by atoms with Gasteiger partial charge >= 0.3 is 0 Å². The third kappa shape index (κ3) is 4.32. The number of rotatable bonds is 7. The van der Waals surface area contributed by atoms with Crippen LogP contribution in [0.3, 0.4) is 0 Å². The van der Waals surface area contributed by atoms with Gasteiger partial charge in [-0.1, -0.05) is 36.4 Å². The average molecular weight is 418 g/mol. The zero-order chi connectivity index (χ0) is 21.8. The first-order chi connectivity index (χ1) is 15.0. The van der Waals surface area contributed by atoms with E-state index in [0.29, 0.717) is 22.9 Å². The molecule has 10 nitrogen and oxygen atoms in total. The van der Waals surface area contributed by atoms with E-state index < -0.39 is 10.8 Å². The summed E-state index contributed by atoms with van der Waals surface area (Å²) < 4.78 is 7.22. The van der Waals surface area contributed by atoms with E-state index in [-0.39, 0.29) is 24.4 Å². The number of carbonyl (C=O) groups excluding carboxylic acids is 1. The zero-order valence-corrected chi connectivity index (χ0v) is 16.6. The Morgan fingerprint density at radius 2 is 1.94 bits per heavy atom. The van der Waals surface area contributed by atoms with Crippen LogP contribution in [0.15, 0.2) is 60.7 Å². The molecule has 31 heavy (non-hydrogen) atoms. The quantitative estimate of drug-likeness (QED) is 0.278. The van der Waals surface area contributed by atoms with Crippen molar-refractivity contribution in [2.24, 2.45) is 0 Å². The van der Waals surface area contributed by atoms with Gasteiger partial charge in [-0.2, -0.15) is 4.52 Å². The van der Waals surface area contributed by atoms with Gasteiger partial charge in [-0.15, -0.1) is 15.3 Å². The maximum atomic E-state index is 12.3. The third-order valence-electron chi connectivity index (χ3n) is 4.58. The van der Waals surface area contributed by atoms with Crippen LogP contribution in [-0.2, 0) is 0 Å². The number of nitro benzene ring substituents is 1. The molecule has 0 atom stereocenters. The largest absolute Gasteiger partial charge is 0.475 e. The molecule has 4 rings (SSSR count). The molecule has 0 saturated carbocycles. The van der Waals surface area contributed by atoms with Crippen molar-refractivity contribution in [1.29, 1.82) is 0 Å². The number of carbonyl (C=O) groups is 1. The number of hydrogen-bond donors (Lipinski definition) is 1. The first-order valence-electron chi connectivity index (χ1n) is 9.47. The van der Waals surface area contributed by atoms with Crippen LogP contribution < -0.4 is 10.1 Å². The van der Waals surface area contributed by atoms with E-state index in [2.05, 4.69) is 20.6 Å². The second-order valence-electron chi connectivity index (χ2n) is 6.69. The molecule has 2 heterocycles. The summed E-state index contributed by atoms with van der Waals surface area (Å²) in [7, 11) is 0. The number of aryl methyl sites for hydroxylation is 1. The normalized spacial score (nSPS) is 10.7. The predicted octanol–water partition coefficient (Wildman–Crippen LogP) is 2.82. The standard InChI is InChI=1S/C21H18N6O4/c1-14-7-8-16(13-17(14)27(29)30)21(28)22-11-12-31-19-10-9-18-23-24-20(26(18)25-19)15-5-3-2-4-6-15/h2-10,13H,11-12H2,1H3,(H,22,28). The molecular formula is C21H18N6O4. The summed E-state index contributed by atoms with van der Waals surface area (Å²) in [5, 5.41) is 26.4. The number of hydrogen-bond acceptors (Lipinski definition) is 7. The lowest BCUT2D eigenvalue weighted by Gasteiger charge is -2.08. The second-order valence-corrected chi connectivity index (χ2v) is 6.69. The number of fused-ring (bicyclic) bond motifs is 1. The highest BCUT2D eigenvalue weighted by Crippen LogP contribution is 2.20. The Morgan fingerprint density at radius 1 is 1.13 bits per heavy atom. The van der Waals surface area contributed by atoms with Crippen LogP contribution in [0.2, 0.25) is 0 Å². The first-order valence-corrected chi connectivity index (χ1v) is 9.47. The van der Waals surface area contributed by atoms with E-state index in [0.717, 1.165) is 5.56 Å². The Bertz CT molecular complexity index is 1260. The van der Waals surface area contributed by atoms with Crippen LogP contribution in [0.4, 0.5) is 5.69 Å². The highest BCUT2D eigenvalue weighted by atomic mass is 16.6. The van der Waals surface area contributed by atoms with Crippen molar-refractivity contribution in [1.82, 2.24) is 25.1 Å². The van der Waals surface area contributed by atoms with Gasteiger partial charge in [-0.05, 0) is 19.1 Å². The number of ether oxygens (including phenoxy) is 1. The van der Waals surface area contributed by atoms with E-state index >= 15 is 0 Å². The van der Waals surface area contributed by atoms with Crippen molar-refractivity contribution in [3.8, 4) is 17.3 Å². The lowest BCUT2D eigenvalue weighted by molar-refractivity contribution is -0.385. The van der Waals surface area contributed by atoms with Crippen molar-refractivity contribution in [3.63, 3.8) is 0 Å². The van der Waals surface area contributed by atoms with Gasteiger partial charge in [0.1, 0.15) is 6.61 Å². The summed E-state index contributed by atoms with van der Waals surface area (Å²) in [6, 6.07) is 17.3. The highest BCUT2D eigenvalue weighted by Gasteiger charge is 2.15. The molecule has 2 aromatic carbocycles. The fraction of sp³-hybridized carbons (Fsp3) is 0.143. The molecule has 0 spiro atoms. The molecule has 4 aromatic rings. The summed E-state index contributed by atoms with van der Waals surface area (Å²) >= 11 is 0. The maximum absolute atomic E-state index is 12.3. The SMILES string of the molecule is Cc1ccc(C(=O)NCCOc2ccc3nnc(-c4ccccc4)n3n2)cc1[N+](=O)[O-]. The van der Waals surface area contributed by atoms with E-state index in [9.17, 15) is 14.9 Å².